The molecule has 0 bridgehead atoms. The molecule has 27 heavy (non-hydrogen) atoms. The Kier molecular flexibility index (Phi) is 3.98. The first-order valence-electron chi connectivity index (χ1n) is 8.14. The number of fused-ring (bicyclic) bond motifs is 1. The van der Waals surface area contributed by atoms with E-state index in [2.05, 4.69) is 9.98 Å². The summed E-state index contributed by atoms with van der Waals surface area (Å²) in [7, 11) is 0. The predicted octanol–water partition coefficient (Wildman–Crippen LogP) is 5.22. The van der Waals surface area contributed by atoms with Gasteiger partial charge in [-0.3, -0.25) is 4.57 Å². The van der Waals surface area contributed by atoms with Crippen LogP contribution in [0, 0.1) is 6.92 Å². The molecule has 1 aliphatic rings. The first kappa shape index (κ1) is 17.3. The number of nitrogens with zero attached hydrogens (tertiary/aromatic N) is 4. The highest BCUT2D eigenvalue weighted by Gasteiger charge is 2.31. The first-order chi connectivity index (χ1) is 12.8. The second-order valence-electron chi connectivity index (χ2n) is 6.11. The quantitative estimate of drug-likeness (QED) is 0.576. The number of imidazole rings is 1. The van der Waals surface area contributed by atoms with E-state index < -0.39 is 23.9 Å². The lowest BCUT2D eigenvalue weighted by Gasteiger charge is -2.31. The largest absolute Gasteiger partial charge is 0.416 e. The van der Waals surface area contributed by atoms with Crippen molar-refractivity contribution in [2.75, 3.05) is 4.90 Å². The number of aromatic nitrogens is 2. The van der Waals surface area contributed by atoms with Crippen molar-refractivity contribution >= 4 is 22.9 Å². The van der Waals surface area contributed by atoms with Crippen LogP contribution < -0.4 is 4.90 Å². The van der Waals surface area contributed by atoms with Crippen LogP contribution in [-0.4, -0.2) is 15.8 Å². The van der Waals surface area contributed by atoms with Gasteiger partial charge in [-0.05, 0) is 43.3 Å². The fourth-order valence-corrected chi connectivity index (χ4v) is 3.12. The van der Waals surface area contributed by atoms with Gasteiger partial charge in [0.1, 0.15) is 5.82 Å². The molecule has 8 heteroatoms. The molecule has 1 unspecified atom stereocenters. The molecular weight excluding hydrogens is 360 g/mol. The number of para-hydroxylation sites is 2. The molecule has 0 N–H and O–H groups in total. The number of aryl methyl sites for hydroxylation is 1. The van der Waals surface area contributed by atoms with Crippen LogP contribution in [0.5, 0.6) is 0 Å². The minimum absolute atomic E-state index is 0.386. The summed E-state index contributed by atoms with van der Waals surface area (Å²) >= 11 is 0. The summed E-state index contributed by atoms with van der Waals surface area (Å²) in [4.78, 5) is 10.2. The summed E-state index contributed by atoms with van der Waals surface area (Å²) in [6.45, 7) is 1.80. The molecule has 138 valence electrons. The van der Waals surface area contributed by atoms with Gasteiger partial charge in [-0.2, -0.15) is 13.2 Å². The van der Waals surface area contributed by atoms with E-state index in [1.54, 1.807) is 6.92 Å². The Morgan fingerprint density at radius 3 is 2.41 bits per heavy atom. The number of rotatable bonds is 2. The van der Waals surface area contributed by atoms with E-state index in [1.807, 2.05) is 28.8 Å². The van der Waals surface area contributed by atoms with Crippen LogP contribution in [0.15, 0.2) is 65.6 Å². The van der Waals surface area contributed by atoms with E-state index in [0.29, 0.717) is 11.5 Å². The fourth-order valence-electron chi connectivity index (χ4n) is 3.12. The topological polar surface area (TPSA) is 33.4 Å². The number of aliphatic imine (C=N–C) groups is 1. The standard InChI is InChI=1S/C19H14F4N4/c1-12-25-16-4-2-3-5-17(16)27(12)18-24-10-14(20)11-26(18)15-8-6-13(7-9-15)19(21,22)23/h2-11,18H,1H3. The molecule has 0 amide bonds. The van der Waals surface area contributed by atoms with Crippen LogP contribution in [0.4, 0.5) is 23.2 Å². The van der Waals surface area contributed by atoms with E-state index in [1.165, 1.54) is 23.2 Å². The average molecular weight is 374 g/mol. The third-order valence-electron chi connectivity index (χ3n) is 4.34. The third kappa shape index (κ3) is 3.07. The van der Waals surface area contributed by atoms with Crippen molar-refractivity contribution in [2.45, 2.75) is 19.4 Å². The highest BCUT2D eigenvalue weighted by atomic mass is 19.4. The van der Waals surface area contributed by atoms with Crippen LogP contribution in [0.25, 0.3) is 11.0 Å². The number of alkyl halides is 3. The van der Waals surface area contributed by atoms with Crippen LogP contribution in [0.1, 0.15) is 17.7 Å². The highest BCUT2D eigenvalue weighted by Crippen LogP contribution is 2.34. The Morgan fingerprint density at radius 2 is 1.70 bits per heavy atom. The van der Waals surface area contributed by atoms with Crippen molar-refractivity contribution in [2.24, 2.45) is 4.99 Å². The van der Waals surface area contributed by atoms with Gasteiger partial charge in [0.05, 0.1) is 22.8 Å². The van der Waals surface area contributed by atoms with Crippen LogP contribution in [-0.2, 0) is 6.18 Å². The van der Waals surface area contributed by atoms with Gasteiger partial charge in [0.15, 0.2) is 5.83 Å². The van der Waals surface area contributed by atoms with Gasteiger partial charge in [0, 0.05) is 11.9 Å². The zero-order valence-corrected chi connectivity index (χ0v) is 14.2. The summed E-state index contributed by atoms with van der Waals surface area (Å²) < 4.78 is 54.2. The molecule has 0 aliphatic carbocycles. The van der Waals surface area contributed by atoms with E-state index in [9.17, 15) is 17.6 Å². The van der Waals surface area contributed by atoms with Gasteiger partial charge in [-0.15, -0.1) is 0 Å². The summed E-state index contributed by atoms with van der Waals surface area (Å²) in [5.74, 6) is 0.0687. The molecule has 4 nitrogen and oxygen atoms in total. The molecule has 0 saturated carbocycles. The van der Waals surface area contributed by atoms with Crippen molar-refractivity contribution in [3.63, 3.8) is 0 Å². The van der Waals surface area contributed by atoms with Gasteiger partial charge in [-0.25, -0.2) is 14.4 Å². The van der Waals surface area contributed by atoms with E-state index in [-0.39, 0.29) is 0 Å². The maximum absolute atomic E-state index is 13.9. The monoisotopic (exact) mass is 374 g/mol. The third-order valence-corrected chi connectivity index (χ3v) is 4.34. The maximum Gasteiger partial charge on any atom is 0.416 e. The molecule has 0 radical (unpaired) electrons. The Bertz CT molecular complexity index is 1050. The zero-order valence-electron chi connectivity index (χ0n) is 14.2. The van der Waals surface area contributed by atoms with Crippen molar-refractivity contribution in [1.29, 1.82) is 0 Å². The van der Waals surface area contributed by atoms with Crippen LogP contribution in [0.3, 0.4) is 0 Å². The van der Waals surface area contributed by atoms with Gasteiger partial charge >= 0.3 is 6.18 Å². The van der Waals surface area contributed by atoms with Crippen molar-refractivity contribution in [3.8, 4) is 0 Å². The first-order valence-corrected chi connectivity index (χ1v) is 8.14. The van der Waals surface area contributed by atoms with Crippen LogP contribution >= 0.6 is 0 Å². The molecule has 3 aromatic rings. The van der Waals surface area contributed by atoms with Crippen molar-refractivity contribution in [1.82, 2.24) is 9.55 Å². The Labute approximate surface area is 152 Å². The minimum Gasteiger partial charge on any atom is -0.305 e. The maximum atomic E-state index is 13.9. The minimum atomic E-state index is -4.43. The van der Waals surface area contributed by atoms with Gasteiger partial charge in [-0.1, -0.05) is 12.1 Å². The van der Waals surface area contributed by atoms with Gasteiger partial charge in [0.2, 0.25) is 6.29 Å². The van der Waals surface area contributed by atoms with E-state index >= 15 is 0 Å². The number of hydrogen-bond donors (Lipinski definition) is 0. The molecule has 1 aliphatic heterocycles. The normalized spacial score (nSPS) is 17.4. The van der Waals surface area contributed by atoms with Gasteiger partial charge in [0.25, 0.3) is 0 Å². The SMILES string of the molecule is Cc1nc2ccccc2n1C1N=CC(F)=CN1c1ccc(C(F)(F)F)cc1. The lowest BCUT2D eigenvalue weighted by Crippen LogP contribution is -2.30. The second-order valence-corrected chi connectivity index (χ2v) is 6.11. The highest BCUT2D eigenvalue weighted by molar-refractivity contribution is 5.80. The van der Waals surface area contributed by atoms with Gasteiger partial charge < -0.3 is 4.90 Å². The zero-order chi connectivity index (χ0) is 19.2. The molecule has 1 aromatic heterocycles. The molecule has 0 spiro atoms. The van der Waals surface area contributed by atoms with Crippen LogP contribution in [0.2, 0.25) is 0 Å². The Hall–Kier alpha value is -3.16. The predicted molar refractivity (Wildman–Crippen MR) is 95.1 cm³/mol. The average Bonchev–Trinajstić information content (AvgIpc) is 2.97. The Balaban J connectivity index is 1.80. The van der Waals surface area contributed by atoms with Crippen molar-refractivity contribution < 1.29 is 17.6 Å². The van der Waals surface area contributed by atoms with E-state index in [0.717, 1.165) is 29.4 Å². The molecule has 2 heterocycles. The number of halogens is 4. The fraction of sp³-hybridized carbons (Fsp3) is 0.158. The molecule has 0 fully saturated rings. The lowest BCUT2D eigenvalue weighted by atomic mass is 10.2. The number of hydrogen-bond acceptors (Lipinski definition) is 3. The summed E-state index contributed by atoms with van der Waals surface area (Å²) in [6.07, 6.45) is -2.82. The lowest BCUT2D eigenvalue weighted by molar-refractivity contribution is -0.137. The van der Waals surface area contributed by atoms with E-state index in [4.69, 9.17) is 0 Å². The van der Waals surface area contributed by atoms with Crippen molar-refractivity contribution in [3.05, 3.63) is 71.9 Å². The number of anilines is 1. The molecule has 2 aromatic carbocycles. The smallest absolute Gasteiger partial charge is 0.305 e. The molecule has 1 atom stereocenters. The second kappa shape index (κ2) is 6.22. The summed E-state index contributed by atoms with van der Waals surface area (Å²) in [5, 5.41) is 0. The number of benzene rings is 2. The summed E-state index contributed by atoms with van der Waals surface area (Å²) in [6, 6.07) is 12.0. The molecular formula is C19H14F4N4. The molecule has 4 rings (SSSR count). The summed E-state index contributed by atoms with van der Waals surface area (Å²) in [5.41, 5.74) is 1.17. The molecule has 0 saturated heterocycles. The number of allylic oxidation sites excluding steroid dienone is 1. The Morgan fingerprint density at radius 1 is 1.00 bits per heavy atom.